The van der Waals surface area contributed by atoms with Crippen LogP contribution in [0.25, 0.3) is 28.0 Å². The normalized spacial score (nSPS) is 11.8. The molecular weight excluding hydrogens is 641 g/mol. The Morgan fingerprint density at radius 1 is 0.830 bits per heavy atom. The van der Waals surface area contributed by atoms with E-state index in [1.807, 2.05) is 47.0 Å². The highest BCUT2D eigenvalue weighted by atomic mass is 32.2. The van der Waals surface area contributed by atoms with Crippen LogP contribution in [0, 0.1) is 13.8 Å². The number of imidazole rings is 1. The number of sulfone groups is 1. The van der Waals surface area contributed by atoms with Gasteiger partial charge in [-0.3, -0.25) is 4.40 Å². The summed E-state index contributed by atoms with van der Waals surface area (Å²) < 4.78 is 58.3. The van der Waals surface area contributed by atoms with Gasteiger partial charge in [0.05, 0.1) is 27.4 Å². The molecule has 0 aliphatic rings. The highest BCUT2D eigenvalue weighted by Gasteiger charge is 2.19. The molecule has 0 aliphatic carbocycles. The highest BCUT2D eigenvalue weighted by Crippen LogP contribution is 2.27. The van der Waals surface area contributed by atoms with Crippen LogP contribution >= 0.6 is 0 Å². The maximum atomic E-state index is 12.7. The van der Waals surface area contributed by atoms with E-state index in [0.717, 1.165) is 33.6 Å². The molecule has 6 rings (SSSR count). The van der Waals surface area contributed by atoms with Crippen LogP contribution in [-0.4, -0.2) is 43.7 Å². The Kier molecular flexibility index (Phi) is 8.30. The predicted octanol–water partition coefficient (Wildman–Crippen LogP) is 5.80. The Bertz CT molecular complexity index is 2310. The van der Waals surface area contributed by atoms with Crippen LogP contribution in [-0.2, 0) is 26.4 Å². The number of anilines is 2. The predicted molar refractivity (Wildman–Crippen MR) is 178 cm³/mol. The first-order valence-electron chi connectivity index (χ1n) is 14.3. The molecule has 3 aromatic carbocycles. The fourth-order valence-corrected chi connectivity index (χ4v) is 6.51. The number of aromatic nitrogens is 3. The van der Waals surface area contributed by atoms with E-state index in [2.05, 4.69) is 25.5 Å². The number of urea groups is 1. The number of hydrogen-bond donors (Lipinski definition) is 3. The van der Waals surface area contributed by atoms with E-state index in [-0.39, 0.29) is 22.2 Å². The maximum absolute atomic E-state index is 12.7. The molecule has 2 amide bonds. The molecule has 0 saturated carbocycles. The lowest BCUT2D eigenvalue weighted by Crippen LogP contribution is -2.28. The van der Waals surface area contributed by atoms with Gasteiger partial charge in [0.1, 0.15) is 5.65 Å². The minimum absolute atomic E-state index is 0.00429. The molecule has 0 aliphatic heterocycles. The minimum Gasteiger partial charge on any atom is -0.337 e. The second kappa shape index (κ2) is 12.4. The number of fused-ring (bicyclic) bond motifs is 1. The first kappa shape index (κ1) is 31.5. The Hall–Kier alpha value is -5.47. The fraction of sp³-hybridized carbons (Fsp3) is 0.121. The summed E-state index contributed by atoms with van der Waals surface area (Å²) in [6.45, 7) is 3.69. The van der Waals surface area contributed by atoms with Gasteiger partial charge in [-0.25, -0.2) is 31.3 Å². The molecule has 0 radical (unpaired) electrons. The Morgan fingerprint density at radius 3 is 2.13 bits per heavy atom. The van der Waals surface area contributed by atoms with Crippen molar-refractivity contribution in [3.8, 4) is 22.4 Å². The summed E-state index contributed by atoms with van der Waals surface area (Å²) in [5, 5.41) is 9.25. The molecule has 3 N–H and O–H groups in total. The van der Waals surface area contributed by atoms with Crippen molar-refractivity contribution in [2.24, 2.45) is 0 Å². The van der Waals surface area contributed by atoms with Crippen LogP contribution in [0.5, 0.6) is 0 Å². The lowest BCUT2D eigenvalue weighted by Gasteiger charge is -2.10. The average molecular weight is 671 g/mol. The Balaban J connectivity index is 1.05. The molecule has 47 heavy (non-hydrogen) atoms. The fourth-order valence-electron chi connectivity index (χ4n) is 4.83. The summed E-state index contributed by atoms with van der Waals surface area (Å²) in [6.07, 6.45) is 4.90. The zero-order valence-corrected chi connectivity index (χ0v) is 27.2. The topological polar surface area (TPSA) is 165 Å². The number of rotatable bonds is 9. The number of amides is 2. The van der Waals surface area contributed by atoms with Gasteiger partial charge in [0, 0.05) is 35.8 Å². The third-order valence-electron chi connectivity index (χ3n) is 7.64. The largest absolute Gasteiger partial charge is 0.337 e. The standard InChI is InChI=1S/C33H30N6O6S2/c1-21-22(2)37-45-32(21)38-47(43,44)29-14-10-27(11-15-29)36-33(40)35-19-23-4-6-25(7-5-23)30-20-34-31-18-26(16-17-39(30)31)24-8-12-28(13-9-24)46(3,41)42/h4-18,20,38H,19H2,1-3H3,(H2,35,36,40). The minimum atomic E-state index is -3.90. The summed E-state index contributed by atoms with van der Waals surface area (Å²) in [4.78, 5) is 17.4. The van der Waals surface area contributed by atoms with Crippen LogP contribution in [0.4, 0.5) is 16.4 Å². The van der Waals surface area contributed by atoms with Gasteiger partial charge in [0.15, 0.2) is 9.84 Å². The van der Waals surface area contributed by atoms with Gasteiger partial charge in [-0.1, -0.05) is 41.6 Å². The van der Waals surface area contributed by atoms with Gasteiger partial charge >= 0.3 is 6.03 Å². The molecule has 12 nitrogen and oxygen atoms in total. The van der Waals surface area contributed by atoms with E-state index in [1.54, 1.807) is 44.3 Å². The van der Waals surface area contributed by atoms with E-state index >= 15 is 0 Å². The van der Waals surface area contributed by atoms with Crippen molar-refractivity contribution < 1.29 is 26.2 Å². The molecular formula is C33H30N6O6S2. The van der Waals surface area contributed by atoms with E-state index in [1.165, 1.54) is 30.5 Å². The van der Waals surface area contributed by atoms with Crippen LogP contribution in [0.2, 0.25) is 0 Å². The highest BCUT2D eigenvalue weighted by molar-refractivity contribution is 7.92. The molecule has 0 saturated heterocycles. The monoisotopic (exact) mass is 670 g/mol. The van der Waals surface area contributed by atoms with Gasteiger partial charge in [0.25, 0.3) is 10.0 Å². The first-order chi connectivity index (χ1) is 22.4. The number of sulfonamides is 1. The van der Waals surface area contributed by atoms with E-state index in [0.29, 0.717) is 16.9 Å². The zero-order valence-electron chi connectivity index (χ0n) is 25.6. The smallest absolute Gasteiger partial charge is 0.319 e. The summed E-state index contributed by atoms with van der Waals surface area (Å²) >= 11 is 0. The first-order valence-corrected chi connectivity index (χ1v) is 17.7. The molecule has 3 heterocycles. The number of aryl methyl sites for hydroxylation is 1. The molecule has 14 heteroatoms. The lowest BCUT2D eigenvalue weighted by molar-refractivity contribution is 0.251. The van der Waals surface area contributed by atoms with Crippen LogP contribution in [0.1, 0.15) is 16.8 Å². The van der Waals surface area contributed by atoms with Crippen molar-refractivity contribution in [1.29, 1.82) is 0 Å². The van der Waals surface area contributed by atoms with E-state index in [9.17, 15) is 21.6 Å². The van der Waals surface area contributed by atoms with Gasteiger partial charge in [-0.2, -0.15) is 0 Å². The summed E-state index contributed by atoms with van der Waals surface area (Å²) in [5.74, 6) is 0.0578. The van der Waals surface area contributed by atoms with Crippen LogP contribution < -0.4 is 15.4 Å². The van der Waals surface area contributed by atoms with Gasteiger partial charge in [-0.15, -0.1) is 0 Å². The molecule has 0 unspecified atom stereocenters. The molecule has 0 spiro atoms. The number of benzene rings is 3. The van der Waals surface area contributed by atoms with E-state index in [4.69, 9.17) is 4.52 Å². The number of nitrogens with zero attached hydrogens (tertiary/aromatic N) is 3. The third kappa shape index (κ3) is 6.88. The second-order valence-corrected chi connectivity index (χ2v) is 14.6. The van der Waals surface area contributed by atoms with Crippen molar-refractivity contribution in [2.75, 3.05) is 16.3 Å². The lowest BCUT2D eigenvalue weighted by atomic mass is 10.1. The zero-order chi connectivity index (χ0) is 33.3. The van der Waals surface area contributed by atoms with Gasteiger partial charge in [0.2, 0.25) is 5.88 Å². The Morgan fingerprint density at radius 2 is 1.49 bits per heavy atom. The van der Waals surface area contributed by atoms with Crippen molar-refractivity contribution >= 4 is 43.1 Å². The number of carbonyl (C=O) groups is 1. The van der Waals surface area contributed by atoms with E-state index < -0.39 is 25.9 Å². The number of carbonyl (C=O) groups excluding carboxylic acids is 1. The average Bonchev–Trinajstić information content (AvgIpc) is 3.62. The summed E-state index contributed by atoms with van der Waals surface area (Å²) in [5.41, 5.74) is 6.86. The summed E-state index contributed by atoms with van der Waals surface area (Å²) in [7, 11) is -7.16. The maximum Gasteiger partial charge on any atom is 0.319 e. The van der Waals surface area contributed by atoms with Crippen LogP contribution in [0.3, 0.4) is 0 Å². The molecule has 240 valence electrons. The third-order valence-corrected chi connectivity index (χ3v) is 10.1. The van der Waals surface area contributed by atoms with Gasteiger partial charge < -0.3 is 15.2 Å². The number of hydrogen-bond acceptors (Lipinski definition) is 8. The van der Waals surface area contributed by atoms with Crippen LogP contribution in [0.15, 0.2) is 112 Å². The van der Waals surface area contributed by atoms with Gasteiger partial charge in [-0.05, 0) is 79.1 Å². The molecule has 0 fully saturated rings. The quantitative estimate of drug-likeness (QED) is 0.174. The second-order valence-electron chi connectivity index (χ2n) is 10.9. The molecule has 0 atom stereocenters. The SMILES string of the molecule is Cc1noc(NS(=O)(=O)c2ccc(NC(=O)NCc3ccc(-c4cnc5cc(-c6ccc(S(C)(=O)=O)cc6)ccn45)cc3)cc2)c1C. The summed E-state index contributed by atoms with van der Waals surface area (Å²) in [6, 6.07) is 23.7. The molecule has 3 aromatic heterocycles. The Labute approximate surface area is 271 Å². The number of nitrogens with one attached hydrogen (secondary N) is 3. The van der Waals surface area contributed by atoms with Crippen molar-refractivity contribution in [2.45, 2.75) is 30.2 Å². The van der Waals surface area contributed by atoms with Crippen molar-refractivity contribution in [3.05, 3.63) is 114 Å². The van der Waals surface area contributed by atoms with Crippen molar-refractivity contribution in [3.63, 3.8) is 0 Å². The van der Waals surface area contributed by atoms with Crippen molar-refractivity contribution in [1.82, 2.24) is 19.9 Å². The molecule has 0 bridgehead atoms. The number of pyridine rings is 1. The molecule has 6 aromatic rings.